The molecule has 4 amide bonds. The van der Waals surface area contributed by atoms with Crippen molar-refractivity contribution < 1.29 is 24.3 Å². The molecule has 10 nitrogen and oxygen atoms in total. The van der Waals surface area contributed by atoms with Crippen LogP contribution in [0, 0.1) is 0 Å². The van der Waals surface area contributed by atoms with Crippen molar-refractivity contribution in [3.05, 3.63) is 29.3 Å². The first-order chi connectivity index (χ1) is 15.9. The van der Waals surface area contributed by atoms with Crippen molar-refractivity contribution in [3.8, 4) is 0 Å². The van der Waals surface area contributed by atoms with E-state index in [-0.39, 0.29) is 24.1 Å². The molecule has 1 aromatic rings. The number of fused-ring (bicyclic) bond motifs is 1. The predicted molar refractivity (Wildman–Crippen MR) is 121 cm³/mol. The number of amides is 4. The van der Waals surface area contributed by atoms with E-state index in [4.69, 9.17) is 5.11 Å². The van der Waals surface area contributed by atoms with Crippen molar-refractivity contribution in [1.29, 1.82) is 0 Å². The Morgan fingerprint density at radius 2 is 1.88 bits per heavy atom. The first-order valence-corrected chi connectivity index (χ1v) is 11.6. The molecule has 3 heterocycles. The highest BCUT2D eigenvalue weighted by molar-refractivity contribution is 6.05. The summed E-state index contributed by atoms with van der Waals surface area (Å²) in [4.78, 5) is 53.3. The van der Waals surface area contributed by atoms with Gasteiger partial charge in [0, 0.05) is 56.9 Å². The van der Waals surface area contributed by atoms with Gasteiger partial charge in [0.1, 0.15) is 6.04 Å². The van der Waals surface area contributed by atoms with Gasteiger partial charge in [-0.1, -0.05) is 6.42 Å². The van der Waals surface area contributed by atoms with Crippen LogP contribution in [0.5, 0.6) is 0 Å². The Bertz CT molecular complexity index is 928. The van der Waals surface area contributed by atoms with Gasteiger partial charge in [-0.05, 0) is 49.6 Å². The van der Waals surface area contributed by atoms with Crippen LogP contribution in [0.2, 0.25) is 0 Å². The summed E-state index contributed by atoms with van der Waals surface area (Å²) in [5.41, 5.74) is 2.66. The maximum absolute atomic E-state index is 12.9. The molecule has 1 aromatic carbocycles. The second-order valence-electron chi connectivity index (χ2n) is 8.86. The number of hydrogen-bond donors (Lipinski definition) is 3. The fourth-order valence-electron chi connectivity index (χ4n) is 4.82. The van der Waals surface area contributed by atoms with E-state index in [1.807, 2.05) is 12.1 Å². The summed E-state index contributed by atoms with van der Waals surface area (Å²) in [5, 5.41) is 13.3. The van der Waals surface area contributed by atoms with E-state index in [1.54, 1.807) is 4.90 Å². The fraction of sp³-hybridized carbons (Fsp3) is 0.565. The Kier molecular flexibility index (Phi) is 7.12. The Balaban J connectivity index is 1.26. The largest absolute Gasteiger partial charge is 0.465 e. The van der Waals surface area contributed by atoms with Crippen molar-refractivity contribution in [2.45, 2.75) is 44.7 Å². The van der Waals surface area contributed by atoms with Gasteiger partial charge < -0.3 is 20.2 Å². The highest BCUT2D eigenvalue weighted by atomic mass is 16.4. The van der Waals surface area contributed by atoms with Gasteiger partial charge in [0.25, 0.3) is 5.91 Å². The number of imide groups is 1. The lowest BCUT2D eigenvalue weighted by atomic mass is 10.0. The van der Waals surface area contributed by atoms with Crippen LogP contribution in [0.1, 0.15) is 48.0 Å². The summed E-state index contributed by atoms with van der Waals surface area (Å²) in [7, 11) is 0. The van der Waals surface area contributed by atoms with Crippen molar-refractivity contribution in [1.82, 2.24) is 20.4 Å². The SMILES string of the molecule is O=C(O)NCCCCCN1CCN(c2ccc3c(c2)CN(C2CCC(=O)NC2=O)C3=O)CC1. The monoisotopic (exact) mass is 457 g/mol. The number of carbonyl (C=O) groups is 4. The first-order valence-electron chi connectivity index (χ1n) is 11.6. The lowest BCUT2D eigenvalue weighted by Crippen LogP contribution is -2.52. The molecule has 2 fully saturated rings. The molecule has 0 aromatic heterocycles. The van der Waals surface area contributed by atoms with E-state index in [1.165, 1.54) is 0 Å². The topological polar surface area (TPSA) is 122 Å². The van der Waals surface area contributed by atoms with E-state index in [0.717, 1.165) is 63.2 Å². The molecule has 0 aliphatic carbocycles. The third-order valence-electron chi connectivity index (χ3n) is 6.67. The molecular formula is C23H31N5O5. The maximum atomic E-state index is 12.9. The Morgan fingerprint density at radius 1 is 1.09 bits per heavy atom. The minimum absolute atomic E-state index is 0.144. The van der Waals surface area contributed by atoms with Gasteiger partial charge in [-0.2, -0.15) is 0 Å². The number of unbranched alkanes of at least 4 members (excludes halogenated alkanes) is 2. The summed E-state index contributed by atoms with van der Waals surface area (Å²) in [5.74, 6) is -0.812. The van der Waals surface area contributed by atoms with Crippen LogP contribution in [0.25, 0.3) is 0 Å². The average Bonchev–Trinajstić information content (AvgIpc) is 3.12. The Hall–Kier alpha value is -3.14. The highest BCUT2D eigenvalue weighted by Gasteiger charge is 2.39. The van der Waals surface area contributed by atoms with Crippen LogP contribution < -0.4 is 15.5 Å². The van der Waals surface area contributed by atoms with Gasteiger partial charge in [-0.15, -0.1) is 0 Å². The van der Waals surface area contributed by atoms with Crippen molar-refractivity contribution in [3.63, 3.8) is 0 Å². The summed E-state index contributed by atoms with van der Waals surface area (Å²) >= 11 is 0. The molecule has 178 valence electrons. The number of nitrogens with one attached hydrogen (secondary N) is 2. The molecule has 0 spiro atoms. The van der Waals surface area contributed by atoms with Crippen LogP contribution in [-0.2, 0) is 16.1 Å². The maximum Gasteiger partial charge on any atom is 0.404 e. The van der Waals surface area contributed by atoms with E-state index >= 15 is 0 Å². The lowest BCUT2D eigenvalue weighted by Gasteiger charge is -2.36. The van der Waals surface area contributed by atoms with Gasteiger partial charge in [-0.25, -0.2) is 4.79 Å². The number of piperazine rings is 1. The first kappa shape index (κ1) is 23.0. The highest BCUT2D eigenvalue weighted by Crippen LogP contribution is 2.31. The zero-order chi connectivity index (χ0) is 23.4. The number of benzene rings is 1. The minimum atomic E-state index is -0.967. The van der Waals surface area contributed by atoms with E-state index in [9.17, 15) is 19.2 Å². The van der Waals surface area contributed by atoms with Crippen molar-refractivity contribution in [2.75, 3.05) is 44.2 Å². The molecule has 0 saturated carbocycles. The Labute approximate surface area is 192 Å². The standard InChI is InChI=1S/C23H31N5O5/c29-20-7-6-19(21(30)25-20)28-15-16-14-17(4-5-18(16)22(28)31)27-12-10-26(11-13-27)9-3-1-2-8-24-23(32)33/h4-5,14,19,24H,1-3,6-13,15H2,(H,32,33)(H,25,29,30). The molecule has 1 unspecified atom stereocenters. The number of carbonyl (C=O) groups excluding carboxylic acids is 3. The number of anilines is 1. The molecule has 33 heavy (non-hydrogen) atoms. The lowest BCUT2D eigenvalue weighted by molar-refractivity contribution is -0.136. The van der Waals surface area contributed by atoms with E-state index in [0.29, 0.717) is 25.1 Å². The number of hydrogen-bond acceptors (Lipinski definition) is 6. The summed E-state index contributed by atoms with van der Waals surface area (Å²) in [6.07, 6.45) is 2.57. The molecule has 3 aliphatic rings. The molecule has 3 N–H and O–H groups in total. The fourth-order valence-corrected chi connectivity index (χ4v) is 4.82. The molecular weight excluding hydrogens is 426 g/mol. The van der Waals surface area contributed by atoms with Crippen LogP contribution in [0.15, 0.2) is 18.2 Å². The molecule has 0 radical (unpaired) electrons. The minimum Gasteiger partial charge on any atom is -0.465 e. The summed E-state index contributed by atoms with van der Waals surface area (Å²) < 4.78 is 0. The number of rotatable bonds is 8. The third kappa shape index (κ3) is 5.44. The van der Waals surface area contributed by atoms with E-state index < -0.39 is 12.1 Å². The van der Waals surface area contributed by atoms with Crippen molar-refractivity contribution >= 4 is 29.5 Å². The van der Waals surface area contributed by atoms with Gasteiger partial charge in [0.15, 0.2) is 0 Å². The van der Waals surface area contributed by atoms with E-state index in [2.05, 4.69) is 26.5 Å². The Morgan fingerprint density at radius 3 is 2.61 bits per heavy atom. The van der Waals surface area contributed by atoms with Crippen LogP contribution >= 0.6 is 0 Å². The van der Waals surface area contributed by atoms with Gasteiger partial charge in [0.2, 0.25) is 11.8 Å². The predicted octanol–water partition coefficient (Wildman–Crippen LogP) is 1.01. The number of nitrogens with zero attached hydrogens (tertiary/aromatic N) is 3. The zero-order valence-corrected chi connectivity index (χ0v) is 18.7. The van der Waals surface area contributed by atoms with Crippen molar-refractivity contribution in [2.24, 2.45) is 0 Å². The van der Waals surface area contributed by atoms with Crippen LogP contribution in [-0.4, -0.2) is 84.0 Å². The van der Waals surface area contributed by atoms with Gasteiger partial charge in [0.05, 0.1) is 0 Å². The molecule has 10 heteroatoms. The zero-order valence-electron chi connectivity index (χ0n) is 18.7. The summed E-state index contributed by atoms with van der Waals surface area (Å²) in [6.45, 7) is 5.66. The number of carboxylic acid groups (broad SMARTS) is 1. The second-order valence-corrected chi connectivity index (χ2v) is 8.86. The van der Waals surface area contributed by atoms with Gasteiger partial charge >= 0.3 is 6.09 Å². The summed E-state index contributed by atoms with van der Waals surface area (Å²) in [6, 6.07) is 5.31. The number of piperidine rings is 1. The normalized spacial score (nSPS) is 21.2. The molecule has 4 rings (SSSR count). The molecule has 2 saturated heterocycles. The quantitative estimate of drug-likeness (QED) is 0.393. The van der Waals surface area contributed by atoms with Crippen LogP contribution in [0.3, 0.4) is 0 Å². The third-order valence-corrected chi connectivity index (χ3v) is 6.67. The van der Waals surface area contributed by atoms with Gasteiger partial charge in [-0.3, -0.25) is 24.6 Å². The average molecular weight is 458 g/mol. The van der Waals surface area contributed by atoms with Crippen LogP contribution in [0.4, 0.5) is 10.5 Å². The molecule has 1 atom stereocenters. The molecule has 0 bridgehead atoms. The second kappa shape index (κ2) is 10.2. The smallest absolute Gasteiger partial charge is 0.404 e. The molecule has 3 aliphatic heterocycles.